The van der Waals surface area contributed by atoms with Crippen LogP contribution in [0.15, 0.2) is 0 Å². The van der Waals surface area contributed by atoms with Gasteiger partial charge in [0.15, 0.2) is 0 Å². The largest absolute Gasteiger partial charge is 0.400 e. The molecular formula is C6H18N2O2. The Kier molecular flexibility index (Phi) is 38.5. The van der Waals surface area contributed by atoms with Gasteiger partial charge in [-0.05, 0) is 14.1 Å². The van der Waals surface area contributed by atoms with Crippen molar-refractivity contribution in [1.29, 1.82) is 0 Å². The smallest absolute Gasteiger partial charge is 0.209 e. The molecule has 0 atom stereocenters. The fourth-order valence-electron chi connectivity index (χ4n) is 0. The molecule has 64 valence electrons. The lowest BCUT2D eigenvalue weighted by atomic mass is 11.0. The van der Waals surface area contributed by atoms with Crippen molar-refractivity contribution in [2.45, 2.75) is 0 Å². The molecule has 0 radical (unpaired) electrons. The van der Waals surface area contributed by atoms with Gasteiger partial charge in [0.2, 0.25) is 6.41 Å². The second kappa shape index (κ2) is 23.8. The highest BCUT2D eigenvalue weighted by Crippen LogP contribution is 1.52. The highest BCUT2D eigenvalue weighted by molar-refractivity contribution is 5.45. The third-order valence-electron chi connectivity index (χ3n) is 0.211. The second-order valence-electron chi connectivity index (χ2n) is 1.57. The number of nitrogens with zero attached hydrogens (tertiary/aromatic N) is 1. The maximum absolute atomic E-state index is 9.43. The monoisotopic (exact) mass is 150 g/mol. The quantitative estimate of drug-likeness (QED) is 0.479. The topological polar surface area (TPSA) is 52.6 Å². The SMILES string of the molecule is CN(C)C=O.CNC.CO. The average molecular weight is 150 g/mol. The predicted octanol–water partition coefficient (Wildman–Crippen LogP) is -0.851. The van der Waals surface area contributed by atoms with Crippen LogP contribution in [-0.4, -0.2) is 51.7 Å². The molecule has 0 aliphatic carbocycles. The molecule has 0 fully saturated rings. The van der Waals surface area contributed by atoms with Gasteiger partial charge in [-0.1, -0.05) is 0 Å². The van der Waals surface area contributed by atoms with Crippen LogP contribution in [0.25, 0.3) is 0 Å². The zero-order valence-electron chi connectivity index (χ0n) is 7.38. The maximum Gasteiger partial charge on any atom is 0.209 e. The van der Waals surface area contributed by atoms with Gasteiger partial charge in [0.05, 0.1) is 0 Å². The van der Waals surface area contributed by atoms with E-state index in [2.05, 4.69) is 5.32 Å². The second-order valence-corrected chi connectivity index (χ2v) is 1.57. The summed E-state index contributed by atoms with van der Waals surface area (Å²) in [5.74, 6) is 0. The molecule has 0 heterocycles. The third-order valence-corrected chi connectivity index (χ3v) is 0.211. The van der Waals surface area contributed by atoms with Gasteiger partial charge >= 0.3 is 0 Å². The molecule has 4 nitrogen and oxygen atoms in total. The van der Waals surface area contributed by atoms with E-state index in [-0.39, 0.29) is 0 Å². The van der Waals surface area contributed by atoms with E-state index in [0.29, 0.717) is 0 Å². The molecule has 0 unspecified atom stereocenters. The minimum Gasteiger partial charge on any atom is -0.400 e. The van der Waals surface area contributed by atoms with Crippen LogP contribution in [0.4, 0.5) is 0 Å². The summed E-state index contributed by atoms with van der Waals surface area (Å²) in [5.41, 5.74) is 0. The molecule has 0 aromatic carbocycles. The summed E-state index contributed by atoms with van der Waals surface area (Å²) >= 11 is 0. The molecule has 0 saturated heterocycles. The van der Waals surface area contributed by atoms with Crippen molar-refractivity contribution >= 4 is 6.41 Å². The van der Waals surface area contributed by atoms with Crippen molar-refractivity contribution in [3.05, 3.63) is 0 Å². The molecule has 2 N–H and O–H groups in total. The van der Waals surface area contributed by atoms with Crippen molar-refractivity contribution in [1.82, 2.24) is 10.2 Å². The van der Waals surface area contributed by atoms with E-state index in [1.54, 1.807) is 14.1 Å². The molecule has 0 aromatic heterocycles. The number of carbonyl (C=O) groups is 1. The van der Waals surface area contributed by atoms with Crippen LogP contribution in [0.3, 0.4) is 0 Å². The fourth-order valence-corrected chi connectivity index (χ4v) is 0. The summed E-state index contributed by atoms with van der Waals surface area (Å²) in [6.45, 7) is 0. The zero-order chi connectivity index (χ0) is 8.99. The van der Waals surface area contributed by atoms with Gasteiger partial charge in [-0.15, -0.1) is 0 Å². The van der Waals surface area contributed by atoms with Crippen LogP contribution in [0.1, 0.15) is 0 Å². The van der Waals surface area contributed by atoms with E-state index in [0.717, 1.165) is 13.5 Å². The normalized spacial score (nSPS) is 5.80. The summed E-state index contributed by atoms with van der Waals surface area (Å²) in [5, 5.41) is 9.75. The Labute approximate surface area is 62.8 Å². The number of hydrogen-bond donors (Lipinski definition) is 2. The van der Waals surface area contributed by atoms with Gasteiger partial charge < -0.3 is 15.3 Å². The van der Waals surface area contributed by atoms with E-state index >= 15 is 0 Å². The Bertz CT molecular complexity index is 49.0. The first-order valence-electron chi connectivity index (χ1n) is 2.84. The van der Waals surface area contributed by atoms with E-state index in [4.69, 9.17) is 5.11 Å². The van der Waals surface area contributed by atoms with Gasteiger partial charge in [-0.3, -0.25) is 4.79 Å². The van der Waals surface area contributed by atoms with E-state index in [1.807, 2.05) is 14.1 Å². The first-order chi connectivity index (χ1) is 4.68. The number of hydrogen-bond acceptors (Lipinski definition) is 3. The number of rotatable bonds is 1. The minimum atomic E-state index is 0.750. The van der Waals surface area contributed by atoms with Gasteiger partial charge in [0.1, 0.15) is 0 Å². The average Bonchev–Trinajstić information content (AvgIpc) is 1.94. The molecule has 10 heavy (non-hydrogen) atoms. The van der Waals surface area contributed by atoms with Gasteiger partial charge in [0.25, 0.3) is 0 Å². The first kappa shape index (κ1) is 16.2. The summed E-state index contributed by atoms with van der Waals surface area (Å²) in [4.78, 5) is 10.9. The van der Waals surface area contributed by atoms with Gasteiger partial charge in [-0.2, -0.15) is 0 Å². The van der Waals surface area contributed by atoms with Crippen LogP contribution < -0.4 is 5.32 Å². The molecule has 1 amide bonds. The van der Waals surface area contributed by atoms with Crippen LogP contribution in [-0.2, 0) is 4.79 Å². The highest BCUT2D eigenvalue weighted by Gasteiger charge is 1.68. The molecule has 0 aliphatic rings. The Morgan fingerprint density at radius 2 is 1.40 bits per heavy atom. The molecule has 0 aromatic rings. The van der Waals surface area contributed by atoms with Crippen molar-refractivity contribution in [2.24, 2.45) is 0 Å². The lowest BCUT2D eigenvalue weighted by Gasteiger charge is -1.93. The fraction of sp³-hybridized carbons (Fsp3) is 0.833. The molecule has 0 aliphatic heterocycles. The number of aliphatic hydroxyl groups is 1. The Balaban J connectivity index is -0.0000000847. The maximum atomic E-state index is 9.43. The van der Waals surface area contributed by atoms with Crippen molar-refractivity contribution < 1.29 is 9.90 Å². The number of amides is 1. The molecule has 0 bridgehead atoms. The highest BCUT2D eigenvalue weighted by atomic mass is 16.2. The molecule has 0 rings (SSSR count). The van der Waals surface area contributed by atoms with Crippen LogP contribution in [0.2, 0.25) is 0 Å². The third kappa shape index (κ3) is 156. The van der Waals surface area contributed by atoms with Crippen molar-refractivity contribution in [2.75, 3.05) is 35.3 Å². The van der Waals surface area contributed by atoms with E-state index in [9.17, 15) is 4.79 Å². The van der Waals surface area contributed by atoms with Gasteiger partial charge in [0, 0.05) is 21.2 Å². The Hall–Kier alpha value is -0.610. The van der Waals surface area contributed by atoms with Gasteiger partial charge in [-0.25, -0.2) is 0 Å². The van der Waals surface area contributed by atoms with Crippen LogP contribution in [0, 0.1) is 0 Å². The minimum absolute atomic E-state index is 0.750. The van der Waals surface area contributed by atoms with Crippen molar-refractivity contribution in [3.8, 4) is 0 Å². The van der Waals surface area contributed by atoms with Crippen LogP contribution >= 0.6 is 0 Å². The molecule has 0 spiro atoms. The lowest BCUT2D eigenvalue weighted by Crippen LogP contribution is -2.06. The standard InChI is InChI=1S/C3H7NO.C2H7N.CH4O/c1-4(2)3-5;1-3-2;1-2/h3H,1-2H3;3H,1-2H3;2H,1H3. The number of carbonyl (C=O) groups excluding carboxylic acids is 1. The van der Waals surface area contributed by atoms with E-state index < -0.39 is 0 Å². The van der Waals surface area contributed by atoms with E-state index in [1.165, 1.54) is 4.90 Å². The van der Waals surface area contributed by atoms with Crippen LogP contribution in [0.5, 0.6) is 0 Å². The molecular weight excluding hydrogens is 132 g/mol. The predicted molar refractivity (Wildman–Crippen MR) is 42.9 cm³/mol. The lowest BCUT2D eigenvalue weighted by molar-refractivity contribution is -0.115. The summed E-state index contributed by atoms with van der Waals surface area (Å²) in [6, 6.07) is 0. The molecule has 0 saturated carbocycles. The Morgan fingerprint density at radius 1 is 1.30 bits per heavy atom. The molecule has 4 heteroatoms. The number of aliphatic hydroxyl groups excluding tert-OH is 1. The first-order valence-corrected chi connectivity index (χ1v) is 2.84. The van der Waals surface area contributed by atoms with Crippen molar-refractivity contribution in [3.63, 3.8) is 0 Å². The Morgan fingerprint density at radius 3 is 1.40 bits per heavy atom. The summed E-state index contributed by atoms with van der Waals surface area (Å²) < 4.78 is 0. The number of nitrogens with one attached hydrogen (secondary N) is 1. The zero-order valence-corrected chi connectivity index (χ0v) is 7.38. The summed E-state index contributed by atoms with van der Waals surface area (Å²) in [7, 11) is 8.12. The summed E-state index contributed by atoms with van der Waals surface area (Å²) in [6.07, 6.45) is 0.750.